The highest BCUT2D eigenvalue weighted by atomic mass is 16.6. The highest BCUT2D eigenvalue weighted by Crippen LogP contribution is 2.39. The van der Waals surface area contributed by atoms with Crippen molar-refractivity contribution in [1.82, 2.24) is 9.80 Å². The zero-order chi connectivity index (χ0) is 21.4. The number of ether oxygens (including phenoxy) is 2. The van der Waals surface area contributed by atoms with E-state index in [1.807, 2.05) is 17.0 Å². The third kappa shape index (κ3) is 3.17. The van der Waals surface area contributed by atoms with E-state index in [4.69, 9.17) is 9.47 Å². The number of carbonyl (C=O) groups excluding carboxylic acids is 2. The summed E-state index contributed by atoms with van der Waals surface area (Å²) in [4.78, 5) is 39.5. The summed E-state index contributed by atoms with van der Waals surface area (Å²) < 4.78 is 10.8. The lowest BCUT2D eigenvalue weighted by Crippen LogP contribution is -2.41. The van der Waals surface area contributed by atoms with Gasteiger partial charge >= 0.3 is 0 Å². The van der Waals surface area contributed by atoms with Crippen LogP contribution in [0.1, 0.15) is 45.2 Å². The van der Waals surface area contributed by atoms with Gasteiger partial charge in [-0.1, -0.05) is 12.1 Å². The van der Waals surface area contributed by atoms with Crippen LogP contribution in [-0.4, -0.2) is 54.0 Å². The van der Waals surface area contributed by atoms with Gasteiger partial charge in [-0.05, 0) is 25.0 Å². The Labute approximate surface area is 172 Å². The lowest BCUT2D eigenvalue weighted by Gasteiger charge is -2.29. The normalized spacial score (nSPS) is 18.6. The summed E-state index contributed by atoms with van der Waals surface area (Å²) in [6.07, 6.45) is 1.73. The molecule has 2 amide bonds. The van der Waals surface area contributed by atoms with Gasteiger partial charge in [0.15, 0.2) is 0 Å². The van der Waals surface area contributed by atoms with Crippen molar-refractivity contribution in [3.05, 3.63) is 63.2 Å². The van der Waals surface area contributed by atoms with E-state index in [9.17, 15) is 19.7 Å². The smallest absolute Gasteiger partial charge is 0.282 e. The molecule has 0 N–H and O–H groups in total. The lowest BCUT2D eigenvalue weighted by atomic mass is 10.0. The number of fused-ring (bicyclic) bond motifs is 1. The molecule has 2 aliphatic heterocycles. The SMILES string of the molecule is COc1ccc([C@H]2CCCN2CN2C(=O)c3cccc([N+](=O)[O-])c3C2=O)c(OC)c1. The standard InChI is InChI=1S/C21H21N3O6/c1-29-13-8-9-14(18(11-13)30-2)16-7-4-10-22(16)12-23-20(25)15-5-3-6-17(24(27)28)19(15)21(23)26/h3,5-6,8-9,11,16H,4,7,10,12H2,1-2H3/t16-/m1/s1. The topological polar surface area (TPSA) is 102 Å². The van der Waals surface area contributed by atoms with Gasteiger partial charge in [0, 0.05) is 30.3 Å². The van der Waals surface area contributed by atoms with E-state index < -0.39 is 16.7 Å². The third-order valence-electron chi connectivity index (χ3n) is 5.66. The van der Waals surface area contributed by atoms with Crippen LogP contribution in [0.2, 0.25) is 0 Å². The first-order chi connectivity index (χ1) is 14.5. The second kappa shape index (κ2) is 7.75. The van der Waals surface area contributed by atoms with E-state index in [1.54, 1.807) is 20.3 Å². The molecule has 30 heavy (non-hydrogen) atoms. The molecular weight excluding hydrogens is 390 g/mol. The van der Waals surface area contributed by atoms with Crippen LogP contribution < -0.4 is 9.47 Å². The zero-order valence-corrected chi connectivity index (χ0v) is 16.7. The van der Waals surface area contributed by atoms with E-state index in [1.165, 1.54) is 18.2 Å². The summed E-state index contributed by atoms with van der Waals surface area (Å²) in [7, 11) is 3.17. The first-order valence-corrected chi connectivity index (χ1v) is 9.55. The number of nitro benzene ring substituents is 1. The van der Waals surface area contributed by atoms with Gasteiger partial charge in [-0.15, -0.1) is 0 Å². The van der Waals surface area contributed by atoms with E-state index in [-0.39, 0.29) is 29.5 Å². The van der Waals surface area contributed by atoms with Gasteiger partial charge in [0.2, 0.25) is 0 Å². The fourth-order valence-electron chi connectivity index (χ4n) is 4.22. The van der Waals surface area contributed by atoms with Gasteiger partial charge in [0.1, 0.15) is 17.1 Å². The number of nitrogens with zero attached hydrogens (tertiary/aromatic N) is 3. The van der Waals surface area contributed by atoms with Crippen LogP contribution in [0.25, 0.3) is 0 Å². The van der Waals surface area contributed by atoms with Crippen molar-refractivity contribution in [3.8, 4) is 11.5 Å². The Balaban J connectivity index is 1.62. The summed E-state index contributed by atoms with van der Waals surface area (Å²) in [6.45, 7) is 0.749. The third-order valence-corrected chi connectivity index (χ3v) is 5.66. The highest BCUT2D eigenvalue weighted by molar-refractivity contribution is 6.23. The molecule has 9 heteroatoms. The molecule has 9 nitrogen and oxygen atoms in total. The molecule has 0 saturated carbocycles. The largest absolute Gasteiger partial charge is 0.497 e. The van der Waals surface area contributed by atoms with Crippen LogP contribution in [0.4, 0.5) is 5.69 Å². The minimum absolute atomic E-state index is 0.0508. The van der Waals surface area contributed by atoms with Crippen molar-refractivity contribution in [3.63, 3.8) is 0 Å². The molecule has 2 aromatic carbocycles. The van der Waals surface area contributed by atoms with Crippen molar-refractivity contribution >= 4 is 17.5 Å². The second-order valence-corrected chi connectivity index (χ2v) is 7.21. The predicted molar refractivity (Wildman–Crippen MR) is 107 cm³/mol. The zero-order valence-electron chi connectivity index (χ0n) is 16.7. The number of hydrogen-bond acceptors (Lipinski definition) is 7. The Morgan fingerprint density at radius 1 is 1.13 bits per heavy atom. The maximum absolute atomic E-state index is 12.9. The molecule has 0 aromatic heterocycles. The number of carbonyl (C=O) groups is 2. The van der Waals surface area contributed by atoms with Gasteiger partial charge in [-0.2, -0.15) is 0 Å². The van der Waals surface area contributed by atoms with Crippen molar-refractivity contribution in [2.45, 2.75) is 18.9 Å². The average Bonchev–Trinajstić information content (AvgIpc) is 3.31. The molecule has 156 valence electrons. The Morgan fingerprint density at radius 2 is 1.93 bits per heavy atom. The van der Waals surface area contributed by atoms with E-state index >= 15 is 0 Å². The quantitative estimate of drug-likeness (QED) is 0.409. The van der Waals surface area contributed by atoms with Crippen molar-refractivity contribution in [2.75, 3.05) is 27.4 Å². The van der Waals surface area contributed by atoms with Gasteiger partial charge in [0.25, 0.3) is 17.5 Å². The number of imide groups is 1. The summed E-state index contributed by atoms with van der Waals surface area (Å²) in [6, 6.07) is 9.65. The molecule has 1 atom stereocenters. The number of methoxy groups -OCH3 is 2. The van der Waals surface area contributed by atoms with E-state index in [2.05, 4.69) is 0 Å². The van der Waals surface area contributed by atoms with Crippen LogP contribution in [-0.2, 0) is 0 Å². The molecule has 0 spiro atoms. The molecule has 2 aliphatic rings. The first kappa shape index (κ1) is 19.8. The number of rotatable bonds is 6. The molecule has 2 aromatic rings. The predicted octanol–water partition coefficient (Wildman–Crippen LogP) is 3.00. The molecule has 1 saturated heterocycles. The van der Waals surface area contributed by atoms with Crippen LogP contribution >= 0.6 is 0 Å². The number of hydrogen-bond donors (Lipinski definition) is 0. The molecule has 2 heterocycles. The van der Waals surface area contributed by atoms with Crippen LogP contribution in [0, 0.1) is 10.1 Å². The Morgan fingerprint density at radius 3 is 2.63 bits per heavy atom. The summed E-state index contributed by atoms with van der Waals surface area (Å²) in [5.41, 5.74) is 0.541. The molecule has 0 aliphatic carbocycles. The number of likely N-dealkylation sites (tertiary alicyclic amines) is 1. The van der Waals surface area contributed by atoms with Crippen molar-refractivity contribution in [1.29, 1.82) is 0 Å². The van der Waals surface area contributed by atoms with Crippen LogP contribution in [0.5, 0.6) is 11.5 Å². The van der Waals surface area contributed by atoms with Crippen LogP contribution in [0.15, 0.2) is 36.4 Å². The average molecular weight is 411 g/mol. The maximum atomic E-state index is 12.9. The molecule has 1 fully saturated rings. The molecule has 0 radical (unpaired) electrons. The van der Waals surface area contributed by atoms with Crippen LogP contribution in [0.3, 0.4) is 0 Å². The Hall–Kier alpha value is -3.46. The molecule has 4 rings (SSSR count). The highest BCUT2D eigenvalue weighted by Gasteiger charge is 2.43. The minimum atomic E-state index is -0.631. The molecule has 0 unspecified atom stereocenters. The lowest BCUT2D eigenvalue weighted by molar-refractivity contribution is -0.385. The Kier molecular flexibility index (Phi) is 5.13. The fraction of sp³-hybridized carbons (Fsp3) is 0.333. The molecular formula is C21H21N3O6. The van der Waals surface area contributed by atoms with Gasteiger partial charge in [-0.3, -0.25) is 29.5 Å². The first-order valence-electron chi connectivity index (χ1n) is 9.55. The summed E-state index contributed by atoms with van der Waals surface area (Å²) in [5.74, 6) is 0.206. The molecule has 0 bridgehead atoms. The Bertz CT molecular complexity index is 1040. The van der Waals surface area contributed by atoms with Gasteiger partial charge < -0.3 is 9.47 Å². The number of amides is 2. The van der Waals surface area contributed by atoms with E-state index in [0.29, 0.717) is 18.0 Å². The van der Waals surface area contributed by atoms with Crippen molar-refractivity contribution in [2.24, 2.45) is 0 Å². The van der Waals surface area contributed by atoms with E-state index in [0.717, 1.165) is 23.3 Å². The summed E-state index contributed by atoms with van der Waals surface area (Å²) in [5, 5.41) is 11.3. The summed E-state index contributed by atoms with van der Waals surface area (Å²) >= 11 is 0. The van der Waals surface area contributed by atoms with Gasteiger partial charge in [0.05, 0.1) is 31.4 Å². The maximum Gasteiger partial charge on any atom is 0.282 e. The second-order valence-electron chi connectivity index (χ2n) is 7.21. The minimum Gasteiger partial charge on any atom is -0.497 e. The fourth-order valence-corrected chi connectivity index (χ4v) is 4.22. The monoisotopic (exact) mass is 411 g/mol. The van der Waals surface area contributed by atoms with Gasteiger partial charge in [-0.25, -0.2) is 0 Å². The van der Waals surface area contributed by atoms with Crippen molar-refractivity contribution < 1.29 is 24.0 Å². The number of nitro groups is 1. The number of benzene rings is 2.